The highest BCUT2D eigenvalue weighted by atomic mass is 32.1. The highest BCUT2D eigenvalue weighted by Crippen LogP contribution is 2.29. The maximum atomic E-state index is 12.6. The number of amides is 1. The highest BCUT2D eigenvalue weighted by molar-refractivity contribution is 7.20. The third kappa shape index (κ3) is 4.13. The molecule has 1 unspecified atom stereocenters. The van der Waals surface area contributed by atoms with Crippen molar-refractivity contribution in [3.8, 4) is 0 Å². The molecule has 0 aliphatic heterocycles. The van der Waals surface area contributed by atoms with E-state index in [1.165, 1.54) is 11.3 Å². The molecule has 6 nitrogen and oxygen atoms in total. The minimum absolute atomic E-state index is 0.0192. The van der Waals surface area contributed by atoms with Crippen molar-refractivity contribution in [2.75, 3.05) is 5.32 Å². The van der Waals surface area contributed by atoms with E-state index < -0.39 is 0 Å². The van der Waals surface area contributed by atoms with Crippen LogP contribution in [0.3, 0.4) is 0 Å². The average Bonchev–Trinajstić information content (AvgIpc) is 3.42. The van der Waals surface area contributed by atoms with Crippen LogP contribution in [-0.2, 0) is 6.54 Å². The lowest BCUT2D eigenvalue weighted by atomic mass is 10.2. The van der Waals surface area contributed by atoms with Crippen LogP contribution in [0.25, 0.3) is 21.1 Å². The molecule has 0 saturated carbocycles. The Morgan fingerprint density at radius 1 is 1.13 bits per heavy atom. The monoisotopic (exact) mass is 427 g/mol. The first kappa shape index (κ1) is 19.3. The molecule has 0 saturated heterocycles. The van der Waals surface area contributed by atoms with Crippen LogP contribution in [-0.4, -0.2) is 20.9 Å². The van der Waals surface area contributed by atoms with Crippen LogP contribution in [0.2, 0.25) is 0 Å². The lowest BCUT2D eigenvalue weighted by Crippen LogP contribution is -2.21. The molecular weight excluding hydrogens is 406 g/mol. The van der Waals surface area contributed by atoms with E-state index in [4.69, 9.17) is 0 Å². The molecule has 7 heteroatoms. The molecule has 0 aliphatic carbocycles. The van der Waals surface area contributed by atoms with Crippen LogP contribution in [0, 0.1) is 0 Å². The van der Waals surface area contributed by atoms with Crippen molar-refractivity contribution in [3.63, 3.8) is 0 Å². The molecule has 3 N–H and O–H groups in total. The largest absolute Gasteiger partial charge is 0.375 e. The summed E-state index contributed by atoms with van der Waals surface area (Å²) < 4.78 is 1.08. The van der Waals surface area contributed by atoms with Gasteiger partial charge in [-0.1, -0.05) is 18.2 Å². The number of thiophene rings is 1. The Morgan fingerprint density at radius 3 is 2.87 bits per heavy atom. The van der Waals surface area contributed by atoms with E-state index in [1.807, 2.05) is 54.6 Å². The average molecular weight is 428 g/mol. The van der Waals surface area contributed by atoms with Gasteiger partial charge in [0.1, 0.15) is 5.82 Å². The maximum Gasteiger partial charge on any atom is 0.261 e. The van der Waals surface area contributed by atoms with Crippen molar-refractivity contribution in [1.29, 1.82) is 0 Å². The first-order valence-electron chi connectivity index (χ1n) is 10.1. The van der Waals surface area contributed by atoms with Gasteiger partial charge in [-0.05, 0) is 60.3 Å². The van der Waals surface area contributed by atoms with Gasteiger partial charge in [-0.25, -0.2) is 4.98 Å². The third-order valence-electron chi connectivity index (χ3n) is 5.12. The number of hydrogen-bond acceptors (Lipinski definition) is 5. The zero-order valence-electron chi connectivity index (χ0n) is 16.9. The van der Waals surface area contributed by atoms with Gasteiger partial charge in [-0.3, -0.25) is 9.78 Å². The summed E-state index contributed by atoms with van der Waals surface area (Å²) in [7, 11) is 0. The zero-order valence-corrected chi connectivity index (χ0v) is 17.7. The Balaban J connectivity index is 1.30. The Labute approximate surface area is 183 Å². The van der Waals surface area contributed by atoms with Gasteiger partial charge in [-0.15, -0.1) is 11.3 Å². The number of hydrogen-bond donors (Lipinski definition) is 3. The fourth-order valence-electron chi connectivity index (χ4n) is 3.51. The summed E-state index contributed by atoms with van der Waals surface area (Å²) in [6, 6.07) is 19.9. The normalized spacial score (nSPS) is 12.2. The van der Waals surface area contributed by atoms with Crippen molar-refractivity contribution >= 4 is 44.1 Å². The second kappa shape index (κ2) is 8.20. The molecule has 154 valence electrons. The van der Waals surface area contributed by atoms with E-state index in [0.29, 0.717) is 11.4 Å². The number of H-pyrrole nitrogens is 1. The number of carbonyl (C=O) groups excluding carboxylic acids is 1. The Morgan fingerprint density at radius 2 is 2.03 bits per heavy atom. The number of anilines is 1. The molecule has 5 rings (SSSR count). The van der Waals surface area contributed by atoms with Gasteiger partial charge >= 0.3 is 0 Å². The summed E-state index contributed by atoms with van der Waals surface area (Å²) in [5.41, 5.74) is 3.95. The van der Waals surface area contributed by atoms with Crippen molar-refractivity contribution in [2.45, 2.75) is 19.5 Å². The van der Waals surface area contributed by atoms with Gasteiger partial charge in [0, 0.05) is 29.3 Å². The van der Waals surface area contributed by atoms with Gasteiger partial charge in [0.05, 0.1) is 22.0 Å². The topological polar surface area (TPSA) is 82.7 Å². The molecule has 0 radical (unpaired) electrons. The molecule has 5 aromatic rings. The predicted octanol–water partition coefficient (Wildman–Crippen LogP) is 5.28. The summed E-state index contributed by atoms with van der Waals surface area (Å²) in [5, 5.41) is 7.50. The molecule has 1 amide bonds. The Hall–Kier alpha value is -3.71. The molecule has 2 aromatic carbocycles. The van der Waals surface area contributed by atoms with Crippen molar-refractivity contribution in [3.05, 3.63) is 89.3 Å². The molecule has 1 atom stereocenters. The second-order valence-corrected chi connectivity index (χ2v) is 8.50. The van der Waals surface area contributed by atoms with Crippen molar-refractivity contribution in [1.82, 2.24) is 20.3 Å². The van der Waals surface area contributed by atoms with E-state index >= 15 is 0 Å². The number of nitrogens with zero attached hydrogens (tertiary/aromatic N) is 2. The summed E-state index contributed by atoms with van der Waals surface area (Å²) in [6.07, 6.45) is 3.48. The van der Waals surface area contributed by atoms with Crippen LogP contribution < -0.4 is 10.6 Å². The standard InChI is InChI=1S/C24H21N5OS/c1-15(23-28-19-6-2-3-7-20(19)29-23)27-18-8-9-21-17(11-18)12-22(31-21)24(30)26-14-16-5-4-10-25-13-16/h2-13,15,27H,14H2,1H3,(H,26,30)(H,28,29). The lowest BCUT2D eigenvalue weighted by molar-refractivity contribution is 0.0955. The van der Waals surface area contributed by atoms with Crippen LogP contribution in [0.1, 0.15) is 34.0 Å². The number of carbonyl (C=O) groups is 1. The first-order valence-corrected chi connectivity index (χ1v) is 10.9. The van der Waals surface area contributed by atoms with E-state index in [-0.39, 0.29) is 11.9 Å². The van der Waals surface area contributed by atoms with E-state index in [9.17, 15) is 4.79 Å². The number of pyridine rings is 1. The van der Waals surface area contributed by atoms with Crippen LogP contribution >= 0.6 is 11.3 Å². The lowest BCUT2D eigenvalue weighted by Gasteiger charge is -2.13. The van der Waals surface area contributed by atoms with Crippen molar-refractivity contribution in [2.24, 2.45) is 0 Å². The van der Waals surface area contributed by atoms with Crippen LogP contribution in [0.15, 0.2) is 73.1 Å². The number of aromatic amines is 1. The van der Waals surface area contributed by atoms with Gasteiger partial charge in [0.15, 0.2) is 0 Å². The minimum atomic E-state index is -0.0739. The number of nitrogens with one attached hydrogen (secondary N) is 3. The molecule has 31 heavy (non-hydrogen) atoms. The Bertz CT molecular complexity index is 1330. The van der Waals surface area contributed by atoms with E-state index in [2.05, 4.69) is 38.6 Å². The summed E-state index contributed by atoms with van der Waals surface area (Å²) in [5.74, 6) is 0.817. The number of rotatable bonds is 6. The number of benzene rings is 2. The summed E-state index contributed by atoms with van der Waals surface area (Å²) in [6.45, 7) is 2.54. The van der Waals surface area contributed by atoms with Gasteiger partial charge < -0.3 is 15.6 Å². The van der Waals surface area contributed by atoms with Gasteiger partial charge in [-0.2, -0.15) is 0 Å². The molecule has 0 bridgehead atoms. The molecule has 0 spiro atoms. The fraction of sp³-hybridized carbons (Fsp3) is 0.125. The molecule has 0 fully saturated rings. The molecule has 0 aliphatic rings. The number of fused-ring (bicyclic) bond motifs is 2. The van der Waals surface area contributed by atoms with Gasteiger partial charge in [0.25, 0.3) is 5.91 Å². The minimum Gasteiger partial charge on any atom is -0.375 e. The number of aromatic nitrogens is 3. The summed E-state index contributed by atoms with van der Waals surface area (Å²) in [4.78, 5) is 25.4. The number of imidazole rings is 1. The van der Waals surface area contributed by atoms with Crippen LogP contribution in [0.4, 0.5) is 5.69 Å². The fourth-order valence-corrected chi connectivity index (χ4v) is 4.47. The Kier molecular flexibility index (Phi) is 5.09. The highest BCUT2D eigenvalue weighted by Gasteiger charge is 2.13. The molecular formula is C24H21N5OS. The van der Waals surface area contributed by atoms with Gasteiger partial charge in [0.2, 0.25) is 0 Å². The SMILES string of the molecule is CC(Nc1ccc2sc(C(=O)NCc3cccnc3)cc2c1)c1nc2ccccc2[nH]1. The molecule has 3 heterocycles. The second-order valence-electron chi connectivity index (χ2n) is 7.41. The quantitative estimate of drug-likeness (QED) is 0.344. The molecule has 3 aromatic heterocycles. The van der Waals surface area contributed by atoms with E-state index in [1.54, 1.807) is 12.4 Å². The number of para-hydroxylation sites is 2. The van der Waals surface area contributed by atoms with E-state index in [0.717, 1.165) is 38.2 Å². The third-order valence-corrected chi connectivity index (χ3v) is 6.23. The predicted molar refractivity (Wildman–Crippen MR) is 125 cm³/mol. The van der Waals surface area contributed by atoms with Crippen LogP contribution in [0.5, 0.6) is 0 Å². The summed E-state index contributed by atoms with van der Waals surface area (Å²) >= 11 is 1.49. The smallest absolute Gasteiger partial charge is 0.261 e. The maximum absolute atomic E-state index is 12.6. The van der Waals surface area contributed by atoms with Crippen molar-refractivity contribution < 1.29 is 4.79 Å². The first-order chi connectivity index (χ1) is 15.2. The zero-order chi connectivity index (χ0) is 21.2.